The maximum absolute atomic E-state index is 12.2. The summed E-state index contributed by atoms with van der Waals surface area (Å²) < 4.78 is 0. The highest BCUT2D eigenvalue weighted by molar-refractivity contribution is 14.0. The van der Waals surface area contributed by atoms with Crippen LogP contribution in [-0.4, -0.2) is 79.6 Å². The summed E-state index contributed by atoms with van der Waals surface area (Å²) in [6.07, 6.45) is 2.94. The fraction of sp³-hybridized carbons (Fsp3) is 0.833. The molecule has 2 unspecified atom stereocenters. The van der Waals surface area contributed by atoms with Gasteiger partial charge in [0.15, 0.2) is 5.96 Å². The van der Waals surface area contributed by atoms with E-state index in [1.54, 1.807) is 0 Å². The van der Waals surface area contributed by atoms with Crippen LogP contribution in [0.25, 0.3) is 0 Å². The van der Waals surface area contributed by atoms with E-state index >= 15 is 0 Å². The van der Waals surface area contributed by atoms with Crippen LogP contribution in [0.4, 0.5) is 4.79 Å². The van der Waals surface area contributed by atoms with E-state index in [2.05, 4.69) is 39.7 Å². The van der Waals surface area contributed by atoms with E-state index in [1.165, 1.54) is 6.42 Å². The molecule has 8 nitrogen and oxygen atoms in total. The van der Waals surface area contributed by atoms with Gasteiger partial charge in [-0.2, -0.15) is 0 Å². The molecule has 0 aromatic heterocycles. The first-order chi connectivity index (χ1) is 12.4. The highest BCUT2D eigenvalue weighted by Crippen LogP contribution is 2.30. The van der Waals surface area contributed by atoms with Gasteiger partial charge in [0.25, 0.3) is 5.91 Å². The topological polar surface area (TPSA) is 89.1 Å². The summed E-state index contributed by atoms with van der Waals surface area (Å²) in [5.74, 6) is 1.57. The van der Waals surface area contributed by atoms with Crippen LogP contribution in [0.1, 0.15) is 33.1 Å². The Morgan fingerprint density at radius 2 is 1.96 bits per heavy atom. The zero-order chi connectivity index (χ0) is 18.7. The van der Waals surface area contributed by atoms with Gasteiger partial charge in [-0.3, -0.25) is 15.1 Å². The number of nitrogens with one attached hydrogen (secondary N) is 3. The highest BCUT2D eigenvalue weighted by atomic mass is 127. The number of piperidine rings is 1. The van der Waals surface area contributed by atoms with Gasteiger partial charge in [0, 0.05) is 32.7 Å². The molecule has 0 radical (unpaired) electrons. The van der Waals surface area contributed by atoms with E-state index in [-0.39, 0.29) is 41.8 Å². The molecule has 3 heterocycles. The number of amides is 3. The van der Waals surface area contributed by atoms with Crippen LogP contribution >= 0.6 is 24.0 Å². The molecule has 0 saturated carbocycles. The SMILES string of the molecule is CCNC(=NCC1CCN(C)C1)N1CCC(C2(C)NC(=O)NC2=O)CC1.I. The Labute approximate surface area is 178 Å². The first-order valence-corrected chi connectivity index (χ1v) is 9.77. The molecule has 2 atom stereocenters. The number of nitrogens with zero attached hydrogens (tertiary/aromatic N) is 3. The molecule has 0 aliphatic carbocycles. The summed E-state index contributed by atoms with van der Waals surface area (Å²) in [6, 6.07) is -0.378. The van der Waals surface area contributed by atoms with Crippen molar-refractivity contribution >= 4 is 41.9 Å². The van der Waals surface area contributed by atoms with Crippen molar-refractivity contribution in [3.63, 3.8) is 0 Å². The molecule has 3 rings (SSSR count). The Kier molecular flexibility index (Phi) is 7.73. The molecule has 27 heavy (non-hydrogen) atoms. The summed E-state index contributed by atoms with van der Waals surface area (Å²) >= 11 is 0. The smallest absolute Gasteiger partial charge is 0.322 e. The van der Waals surface area contributed by atoms with E-state index in [0.717, 1.165) is 58.1 Å². The second-order valence-electron chi connectivity index (χ2n) is 7.98. The molecule has 0 aromatic rings. The van der Waals surface area contributed by atoms with Gasteiger partial charge < -0.3 is 20.4 Å². The lowest BCUT2D eigenvalue weighted by Gasteiger charge is -2.39. The van der Waals surface area contributed by atoms with Gasteiger partial charge in [0.1, 0.15) is 5.54 Å². The van der Waals surface area contributed by atoms with Crippen molar-refractivity contribution in [1.82, 2.24) is 25.8 Å². The van der Waals surface area contributed by atoms with E-state index in [9.17, 15) is 9.59 Å². The number of rotatable bonds is 4. The highest BCUT2D eigenvalue weighted by Gasteiger charge is 2.48. The maximum atomic E-state index is 12.2. The zero-order valence-electron chi connectivity index (χ0n) is 16.6. The van der Waals surface area contributed by atoms with Gasteiger partial charge >= 0.3 is 6.03 Å². The molecule has 3 aliphatic rings. The first kappa shape index (κ1) is 22.2. The van der Waals surface area contributed by atoms with Crippen LogP contribution in [0.3, 0.4) is 0 Å². The van der Waals surface area contributed by atoms with Gasteiger partial charge in [-0.25, -0.2) is 4.79 Å². The van der Waals surface area contributed by atoms with Gasteiger partial charge in [-0.15, -0.1) is 24.0 Å². The predicted molar refractivity (Wildman–Crippen MR) is 116 cm³/mol. The van der Waals surface area contributed by atoms with Gasteiger partial charge in [-0.1, -0.05) is 0 Å². The average molecular weight is 492 g/mol. The summed E-state index contributed by atoms with van der Waals surface area (Å²) in [7, 11) is 2.16. The van der Waals surface area contributed by atoms with Gasteiger partial charge in [-0.05, 0) is 58.5 Å². The third-order valence-electron chi connectivity index (χ3n) is 6.01. The summed E-state index contributed by atoms with van der Waals surface area (Å²) in [4.78, 5) is 33.2. The molecule has 3 saturated heterocycles. The molecule has 3 N–H and O–H groups in total. The molecule has 0 bridgehead atoms. The molecular formula is C18H33IN6O2. The van der Waals surface area contributed by atoms with Crippen molar-refractivity contribution in [2.24, 2.45) is 16.8 Å². The number of hydrogen-bond acceptors (Lipinski definition) is 4. The molecular weight excluding hydrogens is 459 g/mol. The number of imide groups is 1. The predicted octanol–water partition coefficient (Wildman–Crippen LogP) is 0.832. The fourth-order valence-corrected chi connectivity index (χ4v) is 4.33. The molecule has 154 valence electrons. The van der Waals surface area contributed by atoms with Crippen LogP contribution in [0.5, 0.6) is 0 Å². The minimum atomic E-state index is -0.785. The zero-order valence-corrected chi connectivity index (χ0v) is 18.9. The van der Waals surface area contributed by atoms with Crippen molar-refractivity contribution in [1.29, 1.82) is 0 Å². The number of guanidine groups is 1. The monoisotopic (exact) mass is 492 g/mol. The summed E-state index contributed by atoms with van der Waals surface area (Å²) in [5.41, 5.74) is -0.785. The number of urea groups is 1. The number of carbonyl (C=O) groups is 2. The van der Waals surface area contributed by atoms with E-state index in [4.69, 9.17) is 4.99 Å². The molecule has 3 amide bonds. The standard InChI is InChI=1S/C18H32N6O2.HI/c1-4-19-16(20-11-13-5-8-23(3)12-13)24-9-6-14(7-10-24)18(2)15(25)21-17(26)22-18;/h13-14H,4-12H2,1-3H3,(H,19,20)(H2,21,22,25,26);1H. The number of carbonyl (C=O) groups excluding carboxylic acids is 2. The number of hydrogen-bond donors (Lipinski definition) is 3. The number of likely N-dealkylation sites (tertiary alicyclic amines) is 2. The quantitative estimate of drug-likeness (QED) is 0.234. The lowest BCUT2D eigenvalue weighted by molar-refractivity contribution is -0.125. The number of aliphatic imine (C=N–C) groups is 1. The lowest BCUT2D eigenvalue weighted by atomic mass is 9.79. The minimum absolute atomic E-state index is 0. The lowest BCUT2D eigenvalue weighted by Crippen LogP contribution is -2.55. The summed E-state index contributed by atoms with van der Waals surface area (Å²) in [6.45, 7) is 9.61. The fourth-order valence-electron chi connectivity index (χ4n) is 4.33. The second kappa shape index (κ2) is 9.40. The largest absolute Gasteiger partial charge is 0.357 e. The van der Waals surface area contributed by atoms with Crippen molar-refractivity contribution in [2.45, 2.75) is 38.6 Å². The van der Waals surface area contributed by atoms with Crippen molar-refractivity contribution in [3.8, 4) is 0 Å². The van der Waals surface area contributed by atoms with Gasteiger partial charge in [0.2, 0.25) is 0 Å². The van der Waals surface area contributed by atoms with Crippen LogP contribution < -0.4 is 16.0 Å². The average Bonchev–Trinajstić information content (AvgIpc) is 3.14. The Balaban J connectivity index is 0.00000261. The van der Waals surface area contributed by atoms with E-state index < -0.39 is 5.54 Å². The maximum Gasteiger partial charge on any atom is 0.322 e. The second-order valence-corrected chi connectivity index (χ2v) is 7.98. The molecule has 0 spiro atoms. The molecule has 3 aliphatic heterocycles. The Morgan fingerprint density at radius 3 is 2.48 bits per heavy atom. The van der Waals surface area contributed by atoms with E-state index in [1.807, 2.05) is 6.92 Å². The Morgan fingerprint density at radius 1 is 1.26 bits per heavy atom. The molecule has 9 heteroatoms. The van der Waals surface area contributed by atoms with Gasteiger partial charge in [0.05, 0.1) is 0 Å². The van der Waals surface area contributed by atoms with Crippen molar-refractivity contribution in [3.05, 3.63) is 0 Å². The third-order valence-corrected chi connectivity index (χ3v) is 6.01. The van der Waals surface area contributed by atoms with Crippen LogP contribution in [0.15, 0.2) is 4.99 Å². The van der Waals surface area contributed by atoms with E-state index in [0.29, 0.717) is 5.92 Å². The Hall–Kier alpha value is -1.10. The van der Waals surface area contributed by atoms with Crippen molar-refractivity contribution < 1.29 is 9.59 Å². The molecule has 0 aromatic carbocycles. The molecule has 3 fully saturated rings. The minimum Gasteiger partial charge on any atom is -0.357 e. The normalized spacial score (nSPS) is 30.1. The van der Waals surface area contributed by atoms with Crippen LogP contribution in [0.2, 0.25) is 0 Å². The number of halogens is 1. The van der Waals surface area contributed by atoms with Crippen LogP contribution in [-0.2, 0) is 4.79 Å². The Bertz CT molecular complexity index is 578. The summed E-state index contributed by atoms with van der Waals surface area (Å²) in [5, 5.41) is 8.60. The van der Waals surface area contributed by atoms with Crippen molar-refractivity contribution in [2.75, 3.05) is 46.3 Å². The first-order valence-electron chi connectivity index (χ1n) is 9.77. The third kappa shape index (κ3) is 5.04. The van der Waals surface area contributed by atoms with Crippen LogP contribution in [0, 0.1) is 11.8 Å².